The first kappa shape index (κ1) is 23.0. The van der Waals surface area contributed by atoms with Crippen molar-refractivity contribution in [1.29, 1.82) is 0 Å². The van der Waals surface area contributed by atoms with E-state index in [1.807, 2.05) is 30.3 Å². The number of nitrogens with zero attached hydrogens (tertiary/aromatic N) is 1. The third-order valence-corrected chi connectivity index (χ3v) is 5.48. The molecule has 1 heterocycles. The Balaban J connectivity index is 1.66. The monoisotopic (exact) mass is 461 g/mol. The van der Waals surface area contributed by atoms with Gasteiger partial charge in [0.15, 0.2) is 12.1 Å². The number of ether oxygens (including phenoxy) is 1. The van der Waals surface area contributed by atoms with Crippen molar-refractivity contribution in [3.8, 4) is 0 Å². The minimum absolute atomic E-state index is 0.156. The molecule has 0 bridgehead atoms. The molecule has 34 heavy (non-hydrogen) atoms. The Labute approximate surface area is 196 Å². The number of carbonyl (C=O) groups is 3. The van der Waals surface area contributed by atoms with Crippen LogP contribution in [0.4, 0.5) is 20.6 Å². The quantitative estimate of drug-likeness (QED) is 0.525. The summed E-state index contributed by atoms with van der Waals surface area (Å²) >= 11 is 0. The van der Waals surface area contributed by atoms with Gasteiger partial charge < -0.3 is 15.4 Å². The molecule has 8 heteroatoms. The predicted octanol–water partition coefficient (Wildman–Crippen LogP) is 4.88. The molecule has 2 N–H and O–H groups in total. The maximum absolute atomic E-state index is 13.4. The Morgan fingerprint density at radius 1 is 0.941 bits per heavy atom. The highest BCUT2D eigenvalue weighted by Crippen LogP contribution is 2.35. The van der Waals surface area contributed by atoms with Crippen molar-refractivity contribution in [1.82, 2.24) is 4.90 Å². The third-order valence-electron chi connectivity index (χ3n) is 5.48. The van der Waals surface area contributed by atoms with Gasteiger partial charge >= 0.3 is 6.09 Å². The molecule has 3 aromatic rings. The van der Waals surface area contributed by atoms with Gasteiger partial charge in [-0.1, -0.05) is 49.4 Å². The average Bonchev–Trinajstić information content (AvgIpc) is 3.17. The molecule has 4 rings (SSSR count). The predicted molar refractivity (Wildman–Crippen MR) is 125 cm³/mol. The molecule has 3 amide bonds. The fourth-order valence-electron chi connectivity index (χ4n) is 3.78. The van der Waals surface area contributed by atoms with E-state index in [-0.39, 0.29) is 12.5 Å². The Bertz CT molecular complexity index is 1180. The van der Waals surface area contributed by atoms with Crippen molar-refractivity contribution >= 4 is 29.3 Å². The van der Waals surface area contributed by atoms with Crippen LogP contribution < -0.4 is 10.6 Å². The molecule has 1 aliphatic rings. The van der Waals surface area contributed by atoms with Crippen LogP contribution in [-0.4, -0.2) is 28.8 Å². The largest absolute Gasteiger partial charge is 0.438 e. The molecule has 0 aromatic heterocycles. The summed E-state index contributed by atoms with van der Waals surface area (Å²) in [5, 5.41) is 5.53. The van der Waals surface area contributed by atoms with Crippen molar-refractivity contribution in [3.63, 3.8) is 0 Å². The Hall–Kier alpha value is -4.20. The van der Waals surface area contributed by atoms with Crippen LogP contribution in [0, 0.1) is 5.82 Å². The number of cyclic esters (lactones) is 1. The Morgan fingerprint density at radius 2 is 1.68 bits per heavy atom. The second-order valence-corrected chi connectivity index (χ2v) is 7.89. The number of amides is 3. The standard InChI is InChI=1S/C26H24FN3O4/c1-2-22(31)28-21-10-6-9-18(15-21)24-23(25(32)29-20-13-11-19(27)12-14-20)30(26(33)34-24)16-17-7-4-3-5-8-17/h3-15,23-24H,2,16H2,1H3,(H,28,31)(H,29,32). The first-order valence-corrected chi connectivity index (χ1v) is 10.9. The van der Waals surface area contributed by atoms with Crippen LogP contribution in [0.25, 0.3) is 0 Å². The van der Waals surface area contributed by atoms with Crippen LogP contribution in [0.3, 0.4) is 0 Å². The molecule has 0 aliphatic carbocycles. The minimum atomic E-state index is -0.991. The molecular formula is C26H24FN3O4. The van der Waals surface area contributed by atoms with E-state index in [4.69, 9.17) is 4.74 Å². The van der Waals surface area contributed by atoms with Crippen molar-refractivity contribution in [2.24, 2.45) is 0 Å². The fraction of sp³-hybridized carbons (Fsp3) is 0.192. The van der Waals surface area contributed by atoms with Gasteiger partial charge in [0, 0.05) is 17.8 Å². The normalized spacial score (nSPS) is 17.2. The van der Waals surface area contributed by atoms with Gasteiger partial charge in [-0.3, -0.25) is 14.5 Å². The molecule has 1 fully saturated rings. The van der Waals surface area contributed by atoms with E-state index in [1.54, 1.807) is 31.2 Å². The molecule has 0 radical (unpaired) electrons. The molecule has 0 spiro atoms. The molecule has 1 saturated heterocycles. The summed E-state index contributed by atoms with van der Waals surface area (Å²) in [6, 6.07) is 20.5. The molecular weight excluding hydrogens is 437 g/mol. The second-order valence-electron chi connectivity index (χ2n) is 7.89. The highest BCUT2D eigenvalue weighted by molar-refractivity contribution is 5.98. The minimum Gasteiger partial charge on any atom is -0.438 e. The lowest BCUT2D eigenvalue weighted by molar-refractivity contribution is -0.121. The van der Waals surface area contributed by atoms with E-state index in [2.05, 4.69) is 10.6 Å². The van der Waals surface area contributed by atoms with E-state index < -0.39 is 30.0 Å². The van der Waals surface area contributed by atoms with Crippen LogP contribution in [0.2, 0.25) is 0 Å². The zero-order chi connectivity index (χ0) is 24.1. The maximum Gasteiger partial charge on any atom is 0.411 e. The van der Waals surface area contributed by atoms with Crippen LogP contribution in [0.1, 0.15) is 30.6 Å². The van der Waals surface area contributed by atoms with E-state index in [0.29, 0.717) is 23.4 Å². The number of hydrogen-bond donors (Lipinski definition) is 2. The first-order chi connectivity index (χ1) is 16.4. The van der Waals surface area contributed by atoms with Crippen LogP contribution in [0.5, 0.6) is 0 Å². The van der Waals surface area contributed by atoms with E-state index in [1.165, 1.54) is 29.2 Å². The molecule has 2 atom stereocenters. The lowest BCUT2D eigenvalue weighted by Gasteiger charge is -2.24. The SMILES string of the molecule is CCC(=O)Nc1cccc(C2OC(=O)N(Cc3ccccc3)C2C(=O)Nc2ccc(F)cc2)c1. The molecule has 2 unspecified atom stereocenters. The van der Waals surface area contributed by atoms with E-state index >= 15 is 0 Å². The molecule has 0 saturated carbocycles. The van der Waals surface area contributed by atoms with Crippen LogP contribution in [0.15, 0.2) is 78.9 Å². The number of carbonyl (C=O) groups excluding carboxylic acids is 3. The average molecular weight is 461 g/mol. The third kappa shape index (κ3) is 5.23. The number of hydrogen-bond acceptors (Lipinski definition) is 4. The summed E-state index contributed by atoms with van der Waals surface area (Å²) in [7, 11) is 0. The number of rotatable bonds is 7. The zero-order valence-electron chi connectivity index (χ0n) is 18.5. The molecule has 174 valence electrons. The number of halogens is 1. The molecule has 3 aromatic carbocycles. The molecule has 1 aliphatic heterocycles. The lowest BCUT2D eigenvalue weighted by atomic mass is 10.00. The number of nitrogens with one attached hydrogen (secondary N) is 2. The smallest absolute Gasteiger partial charge is 0.411 e. The zero-order valence-corrected chi connectivity index (χ0v) is 18.5. The lowest BCUT2D eigenvalue weighted by Crippen LogP contribution is -2.43. The number of benzene rings is 3. The van der Waals surface area contributed by atoms with Crippen LogP contribution in [-0.2, 0) is 20.9 Å². The summed E-state index contributed by atoms with van der Waals surface area (Å²) in [5.41, 5.74) is 2.34. The Kier molecular flexibility index (Phi) is 6.87. The number of anilines is 2. The fourth-order valence-corrected chi connectivity index (χ4v) is 3.78. The summed E-state index contributed by atoms with van der Waals surface area (Å²) in [5.74, 6) is -1.05. The van der Waals surface area contributed by atoms with Crippen molar-refractivity contribution < 1.29 is 23.5 Å². The van der Waals surface area contributed by atoms with Gasteiger partial charge in [-0.25, -0.2) is 9.18 Å². The topological polar surface area (TPSA) is 87.7 Å². The summed E-state index contributed by atoms with van der Waals surface area (Å²) in [4.78, 5) is 39.5. The van der Waals surface area contributed by atoms with Gasteiger partial charge in [0.25, 0.3) is 5.91 Å². The first-order valence-electron chi connectivity index (χ1n) is 10.9. The van der Waals surface area contributed by atoms with Crippen molar-refractivity contribution in [3.05, 3.63) is 95.8 Å². The summed E-state index contributed by atoms with van der Waals surface area (Å²) in [6.07, 6.45) is -1.22. The van der Waals surface area contributed by atoms with Gasteiger partial charge in [-0.2, -0.15) is 0 Å². The van der Waals surface area contributed by atoms with Gasteiger partial charge in [0.1, 0.15) is 5.82 Å². The van der Waals surface area contributed by atoms with Gasteiger partial charge in [0.2, 0.25) is 5.91 Å². The summed E-state index contributed by atoms with van der Waals surface area (Å²) < 4.78 is 19.0. The van der Waals surface area contributed by atoms with Crippen molar-refractivity contribution in [2.75, 3.05) is 10.6 Å². The second kappa shape index (κ2) is 10.2. The van der Waals surface area contributed by atoms with Crippen LogP contribution >= 0.6 is 0 Å². The van der Waals surface area contributed by atoms with Gasteiger partial charge in [-0.05, 0) is 47.5 Å². The van der Waals surface area contributed by atoms with Gasteiger partial charge in [-0.15, -0.1) is 0 Å². The maximum atomic E-state index is 13.4. The summed E-state index contributed by atoms with van der Waals surface area (Å²) in [6.45, 7) is 1.92. The van der Waals surface area contributed by atoms with E-state index in [9.17, 15) is 18.8 Å². The van der Waals surface area contributed by atoms with E-state index in [0.717, 1.165) is 5.56 Å². The van der Waals surface area contributed by atoms with Crippen molar-refractivity contribution in [2.45, 2.75) is 32.0 Å². The Morgan fingerprint density at radius 3 is 2.38 bits per heavy atom. The van der Waals surface area contributed by atoms with Gasteiger partial charge in [0.05, 0.1) is 6.54 Å². The highest BCUT2D eigenvalue weighted by Gasteiger charge is 2.47. The highest BCUT2D eigenvalue weighted by atomic mass is 19.1. The molecule has 7 nitrogen and oxygen atoms in total.